The van der Waals surface area contributed by atoms with E-state index < -0.39 is 0 Å². The first-order valence-electron chi connectivity index (χ1n) is 4.83. The summed E-state index contributed by atoms with van der Waals surface area (Å²) >= 11 is 5.82. The van der Waals surface area contributed by atoms with Gasteiger partial charge in [0.15, 0.2) is 12.4 Å². The van der Waals surface area contributed by atoms with Crippen LogP contribution >= 0.6 is 11.6 Å². The molecule has 0 bridgehead atoms. The Labute approximate surface area is 98.3 Å². The second-order valence-electron chi connectivity index (χ2n) is 3.35. The van der Waals surface area contributed by atoms with Crippen LogP contribution in [0, 0.1) is 0 Å². The van der Waals surface area contributed by atoms with E-state index in [2.05, 4.69) is 4.98 Å². The van der Waals surface area contributed by atoms with Crippen molar-refractivity contribution in [1.82, 2.24) is 4.98 Å². The molecule has 4 heteroatoms. The van der Waals surface area contributed by atoms with Gasteiger partial charge >= 0.3 is 0 Å². The number of carbonyl (C=O) groups excluding carboxylic acids is 1. The number of hydrogen-bond acceptors (Lipinski definition) is 2. The topological polar surface area (TPSA) is 33.8 Å². The van der Waals surface area contributed by atoms with Gasteiger partial charge in [-0.1, -0.05) is 23.7 Å². The average Bonchev–Trinajstić information content (AvgIpc) is 2.30. The van der Waals surface area contributed by atoms with Crippen molar-refractivity contribution >= 4 is 17.4 Å². The summed E-state index contributed by atoms with van der Waals surface area (Å²) in [4.78, 5) is 15.8. The van der Waals surface area contributed by atoms with Crippen molar-refractivity contribution in [3.63, 3.8) is 0 Å². The highest BCUT2D eigenvalue weighted by Gasteiger charge is 2.11. The second-order valence-corrected chi connectivity index (χ2v) is 3.79. The van der Waals surface area contributed by atoms with E-state index in [-0.39, 0.29) is 5.78 Å². The molecule has 0 aliphatic carbocycles. The van der Waals surface area contributed by atoms with E-state index in [1.807, 2.05) is 0 Å². The predicted octanol–water partition coefficient (Wildman–Crippen LogP) is 1.91. The Morgan fingerprint density at radius 2 is 2.06 bits per heavy atom. The molecule has 0 saturated heterocycles. The number of hydrogen-bond donors (Lipinski definition) is 0. The lowest BCUT2D eigenvalue weighted by Crippen LogP contribution is -2.37. The quantitative estimate of drug-likeness (QED) is 0.600. The highest BCUT2D eigenvalue weighted by atomic mass is 35.5. The molecule has 0 radical (unpaired) electrons. The van der Waals surface area contributed by atoms with Crippen molar-refractivity contribution in [3.8, 4) is 0 Å². The van der Waals surface area contributed by atoms with E-state index in [1.165, 1.54) is 0 Å². The van der Waals surface area contributed by atoms with E-state index in [9.17, 15) is 4.79 Å². The van der Waals surface area contributed by atoms with Crippen LogP contribution in [0.4, 0.5) is 0 Å². The van der Waals surface area contributed by atoms with Crippen molar-refractivity contribution in [2.45, 2.75) is 6.54 Å². The van der Waals surface area contributed by atoms with Crippen LogP contribution in [-0.2, 0) is 6.54 Å². The molecule has 0 aliphatic rings. The third kappa shape index (κ3) is 2.64. The zero-order chi connectivity index (χ0) is 11.4. The van der Waals surface area contributed by atoms with Crippen LogP contribution in [-0.4, -0.2) is 10.8 Å². The number of nitrogens with zero attached hydrogens (tertiary/aromatic N) is 2. The molecule has 1 aromatic heterocycles. The summed E-state index contributed by atoms with van der Waals surface area (Å²) in [5.41, 5.74) is 0.622. The maximum absolute atomic E-state index is 11.9. The molecular formula is C12H10ClN2O+. The summed E-state index contributed by atoms with van der Waals surface area (Å²) in [6, 6.07) is 6.95. The van der Waals surface area contributed by atoms with Gasteiger partial charge in [0.2, 0.25) is 12.3 Å². The standard InChI is InChI=1S/C12H10ClN2O/c13-11-3-1-2-10(8-11)12(16)9-15-6-4-14-5-7-15/h1-8H,9H2/q+1. The Morgan fingerprint density at radius 3 is 2.75 bits per heavy atom. The monoisotopic (exact) mass is 233 g/mol. The fourth-order valence-corrected chi connectivity index (χ4v) is 1.56. The van der Waals surface area contributed by atoms with Crippen molar-refractivity contribution in [3.05, 3.63) is 59.6 Å². The predicted molar refractivity (Wildman–Crippen MR) is 60.2 cm³/mol. The van der Waals surface area contributed by atoms with Crippen molar-refractivity contribution in [2.75, 3.05) is 0 Å². The number of halogens is 1. The van der Waals surface area contributed by atoms with Crippen molar-refractivity contribution in [2.24, 2.45) is 0 Å². The zero-order valence-corrected chi connectivity index (χ0v) is 9.26. The molecule has 80 valence electrons. The van der Waals surface area contributed by atoms with Crippen LogP contribution in [0.1, 0.15) is 10.4 Å². The number of rotatable bonds is 3. The number of Topliss-reactive ketones (excluding diaryl/α,β-unsaturated/α-hetero) is 1. The third-order valence-corrected chi connectivity index (χ3v) is 2.40. The molecule has 3 nitrogen and oxygen atoms in total. The van der Waals surface area contributed by atoms with Crippen LogP contribution in [0.5, 0.6) is 0 Å². The van der Waals surface area contributed by atoms with E-state index in [4.69, 9.17) is 11.6 Å². The molecule has 1 aromatic carbocycles. The lowest BCUT2D eigenvalue weighted by Gasteiger charge is -1.98. The maximum Gasteiger partial charge on any atom is 0.227 e. The summed E-state index contributed by atoms with van der Waals surface area (Å²) in [6.45, 7) is 0.295. The molecule has 0 spiro atoms. The highest BCUT2D eigenvalue weighted by molar-refractivity contribution is 6.30. The number of carbonyl (C=O) groups is 1. The SMILES string of the molecule is O=C(C[n+]1ccncc1)c1cccc(Cl)c1. The number of ketones is 1. The van der Waals surface area contributed by atoms with Gasteiger partial charge in [-0.05, 0) is 12.1 Å². The summed E-state index contributed by atoms with van der Waals surface area (Å²) in [7, 11) is 0. The average molecular weight is 234 g/mol. The van der Waals surface area contributed by atoms with Crippen molar-refractivity contribution in [1.29, 1.82) is 0 Å². The van der Waals surface area contributed by atoms with Gasteiger partial charge in [-0.15, -0.1) is 0 Å². The lowest BCUT2D eigenvalue weighted by atomic mass is 10.1. The lowest BCUT2D eigenvalue weighted by molar-refractivity contribution is -0.683. The fraction of sp³-hybridized carbons (Fsp3) is 0.0833. The van der Waals surface area contributed by atoms with Crippen LogP contribution in [0.3, 0.4) is 0 Å². The van der Waals surface area contributed by atoms with E-state index in [1.54, 1.807) is 53.6 Å². The van der Waals surface area contributed by atoms with Gasteiger partial charge in [-0.3, -0.25) is 9.78 Å². The van der Waals surface area contributed by atoms with E-state index in [0.29, 0.717) is 17.1 Å². The van der Waals surface area contributed by atoms with Crippen molar-refractivity contribution < 1.29 is 9.36 Å². The Balaban J connectivity index is 2.15. The molecule has 0 N–H and O–H groups in total. The molecule has 0 saturated carbocycles. The molecule has 2 rings (SSSR count). The fourth-order valence-electron chi connectivity index (χ4n) is 1.37. The first kappa shape index (κ1) is 10.8. The van der Waals surface area contributed by atoms with Gasteiger partial charge in [0, 0.05) is 10.6 Å². The Morgan fingerprint density at radius 1 is 1.31 bits per heavy atom. The van der Waals surface area contributed by atoms with Crippen LogP contribution in [0.2, 0.25) is 5.02 Å². The molecule has 0 amide bonds. The van der Waals surface area contributed by atoms with E-state index in [0.717, 1.165) is 0 Å². The Bertz CT molecular complexity index is 499. The van der Waals surface area contributed by atoms with Crippen LogP contribution < -0.4 is 4.57 Å². The van der Waals surface area contributed by atoms with Gasteiger partial charge in [0.05, 0.1) is 12.4 Å². The van der Waals surface area contributed by atoms with Gasteiger partial charge in [-0.25, -0.2) is 0 Å². The number of benzene rings is 1. The normalized spacial score (nSPS) is 10.1. The summed E-state index contributed by atoms with van der Waals surface area (Å²) in [5.74, 6) is 0.0266. The summed E-state index contributed by atoms with van der Waals surface area (Å²) < 4.78 is 1.77. The smallest absolute Gasteiger partial charge is 0.227 e. The minimum Gasteiger partial charge on any atom is -0.287 e. The highest BCUT2D eigenvalue weighted by Crippen LogP contribution is 2.10. The largest absolute Gasteiger partial charge is 0.287 e. The molecule has 0 atom stereocenters. The second kappa shape index (κ2) is 4.86. The number of aromatic nitrogens is 2. The Hall–Kier alpha value is -1.74. The first-order chi connectivity index (χ1) is 7.75. The first-order valence-corrected chi connectivity index (χ1v) is 5.21. The molecule has 1 heterocycles. The minimum absolute atomic E-state index is 0.0266. The van der Waals surface area contributed by atoms with Gasteiger partial charge in [0.25, 0.3) is 0 Å². The Kier molecular flexibility index (Phi) is 3.27. The third-order valence-electron chi connectivity index (χ3n) is 2.16. The summed E-state index contributed by atoms with van der Waals surface area (Å²) in [5, 5.41) is 0.575. The molecule has 16 heavy (non-hydrogen) atoms. The van der Waals surface area contributed by atoms with Gasteiger partial charge in [0.1, 0.15) is 0 Å². The molecule has 0 unspecified atom stereocenters. The van der Waals surface area contributed by atoms with E-state index >= 15 is 0 Å². The summed E-state index contributed by atoms with van der Waals surface area (Å²) in [6.07, 6.45) is 6.79. The molecule has 0 fully saturated rings. The van der Waals surface area contributed by atoms with Crippen LogP contribution in [0.25, 0.3) is 0 Å². The van der Waals surface area contributed by atoms with Gasteiger partial charge in [-0.2, -0.15) is 4.57 Å². The molecule has 2 aromatic rings. The van der Waals surface area contributed by atoms with Gasteiger partial charge < -0.3 is 0 Å². The van der Waals surface area contributed by atoms with Crippen LogP contribution in [0.15, 0.2) is 49.1 Å². The zero-order valence-electron chi connectivity index (χ0n) is 8.51. The molecular weight excluding hydrogens is 224 g/mol. The minimum atomic E-state index is 0.0266. The molecule has 0 aliphatic heterocycles. The maximum atomic E-state index is 11.9.